The summed E-state index contributed by atoms with van der Waals surface area (Å²) in [5.74, 6) is -1.53. The maximum atomic E-state index is 11.9. The lowest BCUT2D eigenvalue weighted by Gasteiger charge is -2.28. The number of carbonyl (C=O) groups excluding carboxylic acids is 2. The third-order valence-electron chi connectivity index (χ3n) is 5.05. The first-order chi connectivity index (χ1) is 14.5. The monoisotopic (exact) mass is 411 g/mol. The third kappa shape index (κ3) is 5.12. The van der Waals surface area contributed by atoms with E-state index in [4.69, 9.17) is 5.11 Å². The average molecular weight is 411 g/mol. The Kier molecular flexibility index (Phi) is 6.97. The first-order valence-electron chi connectivity index (χ1n) is 9.78. The van der Waals surface area contributed by atoms with Crippen molar-refractivity contribution in [2.45, 2.75) is 18.4 Å². The van der Waals surface area contributed by atoms with E-state index in [-0.39, 0.29) is 12.8 Å². The predicted molar refractivity (Wildman–Crippen MR) is 111 cm³/mol. The fourth-order valence-corrected chi connectivity index (χ4v) is 3.50. The molecule has 0 saturated carbocycles. The van der Waals surface area contributed by atoms with Gasteiger partial charge in [-0.15, -0.1) is 0 Å². The van der Waals surface area contributed by atoms with Crippen LogP contribution in [0.25, 0.3) is 0 Å². The number of anilines is 1. The number of carboxylic acids is 1. The number of nitrogens with zero attached hydrogens (tertiary/aromatic N) is 2. The van der Waals surface area contributed by atoms with Crippen LogP contribution in [0.2, 0.25) is 0 Å². The summed E-state index contributed by atoms with van der Waals surface area (Å²) < 4.78 is 0. The molecule has 3 amide bonds. The molecule has 2 saturated heterocycles. The fourth-order valence-electron chi connectivity index (χ4n) is 3.50. The number of aromatic nitrogens is 1. The minimum Gasteiger partial charge on any atom is -0.481 e. The van der Waals surface area contributed by atoms with Crippen LogP contribution in [0.15, 0.2) is 54.9 Å². The Hall–Kier alpha value is -3.46. The van der Waals surface area contributed by atoms with Crippen molar-refractivity contribution in [3.63, 3.8) is 0 Å². The predicted octanol–water partition coefficient (Wildman–Crippen LogP) is 1.08. The number of carboxylic acid groups (broad SMARTS) is 1. The van der Waals surface area contributed by atoms with Gasteiger partial charge in [-0.3, -0.25) is 19.9 Å². The van der Waals surface area contributed by atoms with Crippen LogP contribution in [0, 0.1) is 0 Å². The van der Waals surface area contributed by atoms with E-state index in [1.165, 1.54) is 5.69 Å². The maximum absolute atomic E-state index is 11.9. The highest BCUT2D eigenvalue weighted by Crippen LogP contribution is 2.29. The Labute approximate surface area is 174 Å². The third-order valence-corrected chi connectivity index (χ3v) is 5.05. The average Bonchev–Trinajstić information content (AvgIpc) is 3.08. The molecule has 9 nitrogen and oxygen atoms in total. The molecule has 30 heavy (non-hydrogen) atoms. The summed E-state index contributed by atoms with van der Waals surface area (Å²) in [4.78, 5) is 40.4. The summed E-state index contributed by atoms with van der Waals surface area (Å²) in [6.45, 7) is 4.33. The zero-order chi connectivity index (χ0) is 21.4. The van der Waals surface area contributed by atoms with Crippen LogP contribution in [0.1, 0.15) is 18.4 Å². The summed E-state index contributed by atoms with van der Waals surface area (Å²) >= 11 is 0. The van der Waals surface area contributed by atoms with Gasteiger partial charge in [-0.25, -0.2) is 4.79 Å². The van der Waals surface area contributed by atoms with Crippen molar-refractivity contribution in [3.05, 3.63) is 60.4 Å². The quantitative estimate of drug-likeness (QED) is 0.543. The lowest BCUT2D eigenvalue weighted by Crippen LogP contribution is -2.44. The van der Waals surface area contributed by atoms with Crippen LogP contribution in [-0.4, -0.2) is 54.2 Å². The van der Waals surface area contributed by atoms with Gasteiger partial charge in [-0.2, -0.15) is 0 Å². The molecule has 1 aromatic heterocycles. The van der Waals surface area contributed by atoms with E-state index < -0.39 is 23.4 Å². The highest BCUT2D eigenvalue weighted by atomic mass is 16.4. The molecule has 1 aromatic carbocycles. The Morgan fingerprint density at radius 3 is 2.40 bits per heavy atom. The molecule has 2 aliphatic rings. The van der Waals surface area contributed by atoms with E-state index in [1.54, 1.807) is 30.3 Å². The van der Waals surface area contributed by atoms with Gasteiger partial charge in [0.25, 0.3) is 5.91 Å². The molecular formula is C21H25N5O4. The summed E-state index contributed by atoms with van der Waals surface area (Å²) in [5, 5.41) is 16.7. The number of pyridine rings is 1. The first-order valence-corrected chi connectivity index (χ1v) is 9.78. The smallest absolute Gasteiger partial charge is 0.322 e. The molecule has 0 spiro atoms. The lowest BCUT2D eigenvalue weighted by molar-refractivity contribution is -0.137. The topological polar surface area (TPSA) is 124 Å². The molecule has 9 heteroatoms. The number of amides is 3. The van der Waals surface area contributed by atoms with Crippen molar-refractivity contribution in [1.82, 2.24) is 20.9 Å². The summed E-state index contributed by atoms with van der Waals surface area (Å²) in [6.07, 6.45) is 3.55. The number of aliphatic carboxylic acids is 1. The van der Waals surface area contributed by atoms with Gasteiger partial charge in [0.05, 0.1) is 11.9 Å². The molecule has 1 atom stereocenters. The fraction of sp³-hybridized carbons (Fsp3) is 0.333. The van der Waals surface area contributed by atoms with Gasteiger partial charge in [-0.05, 0) is 24.1 Å². The number of benzene rings is 1. The normalized spacial score (nSPS) is 20.6. The van der Waals surface area contributed by atoms with E-state index in [0.29, 0.717) is 5.56 Å². The molecule has 3 heterocycles. The minimum atomic E-state index is -1.28. The van der Waals surface area contributed by atoms with Crippen molar-refractivity contribution < 1.29 is 19.5 Å². The van der Waals surface area contributed by atoms with E-state index in [2.05, 4.69) is 31.9 Å². The first kappa shape index (κ1) is 21.3. The minimum absolute atomic E-state index is 0.0178. The molecule has 4 N–H and O–H groups in total. The second kappa shape index (κ2) is 9.84. The van der Waals surface area contributed by atoms with E-state index >= 15 is 0 Å². The van der Waals surface area contributed by atoms with Crippen LogP contribution in [-0.2, 0) is 15.1 Å². The van der Waals surface area contributed by atoms with Gasteiger partial charge in [0, 0.05) is 38.8 Å². The van der Waals surface area contributed by atoms with Crippen LogP contribution in [0.4, 0.5) is 10.5 Å². The van der Waals surface area contributed by atoms with Gasteiger partial charge in [0.2, 0.25) is 0 Å². The number of carbonyl (C=O) groups is 3. The lowest BCUT2D eigenvalue weighted by atomic mass is 9.85. The summed E-state index contributed by atoms with van der Waals surface area (Å²) in [6, 6.07) is 12.1. The summed E-state index contributed by atoms with van der Waals surface area (Å²) in [5.41, 5.74) is 0.533. The molecule has 2 fully saturated rings. The van der Waals surface area contributed by atoms with Crippen LogP contribution in [0.3, 0.4) is 0 Å². The molecule has 2 aromatic rings. The van der Waals surface area contributed by atoms with E-state index in [9.17, 15) is 14.4 Å². The van der Waals surface area contributed by atoms with Gasteiger partial charge >= 0.3 is 12.0 Å². The van der Waals surface area contributed by atoms with Gasteiger partial charge < -0.3 is 20.6 Å². The Morgan fingerprint density at radius 1 is 1.10 bits per heavy atom. The SMILES string of the molecule is O=C(O)CCC1(c2ccccc2)NC(=O)NC1=O.c1cncc(N2CCNCC2)c1. The van der Waals surface area contributed by atoms with Gasteiger partial charge in [0.1, 0.15) is 5.54 Å². The largest absolute Gasteiger partial charge is 0.481 e. The molecule has 4 rings (SSSR count). The Balaban J connectivity index is 0.000000184. The van der Waals surface area contributed by atoms with Gasteiger partial charge in [-0.1, -0.05) is 30.3 Å². The number of rotatable bonds is 5. The van der Waals surface area contributed by atoms with Crippen LogP contribution in [0.5, 0.6) is 0 Å². The standard InChI is InChI=1S/C12H12N2O4.C9H13N3/c15-9(16)6-7-12(8-4-2-1-3-5-8)10(17)13-11(18)14-12;1-2-9(8-11-3-1)12-6-4-10-5-7-12/h1-5H,6-7H2,(H,15,16)(H2,13,14,17,18);1-3,8,10H,4-7H2. The molecule has 0 bridgehead atoms. The van der Waals surface area contributed by atoms with Crippen molar-refractivity contribution in [3.8, 4) is 0 Å². The maximum Gasteiger partial charge on any atom is 0.322 e. The van der Waals surface area contributed by atoms with E-state index in [0.717, 1.165) is 26.2 Å². The number of hydrogen-bond donors (Lipinski definition) is 4. The van der Waals surface area contributed by atoms with Crippen LogP contribution < -0.4 is 20.9 Å². The van der Waals surface area contributed by atoms with Crippen LogP contribution >= 0.6 is 0 Å². The number of urea groups is 1. The summed E-state index contributed by atoms with van der Waals surface area (Å²) in [7, 11) is 0. The number of hydrogen-bond acceptors (Lipinski definition) is 6. The Bertz CT molecular complexity index is 871. The molecule has 2 aliphatic heterocycles. The molecule has 158 valence electrons. The Morgan fingerprint density at radius 2 is 1.83 bits per heavy atom. The van der Waals surface area contributed by atoms with Crippen molar-refractivity contribution in [1.29, 1.82) is 0 Å². The number of piperazine rings is 1. The van der Waals surface area contributed by atoms with Crippen molar-refractivity contribution >= 4 is 23.6 Å². The number of imide groups is 1. The highest BCUT2D eigenvalue weighted by molar-refractivity contribution is 6.07. The molecule has 0 aliphatic carbocycles. The zero-order valence-electron chi connectivity index (χ0n) is 16.5. The zero-order valence-corrected chi connectivity index (χ0v) is 16.5. The van der Waals surface area contributed by atoms with Crippen molar-refractivity contribution in [2.75, 3.05) is 31.1 Å². The molecule has 1 unspecified atom stereocenters. The van der Waals surface area contributed by atoms with Crippen molar-refractivity contribution in [2.24, 2.45) is 0 Å². The highest BCUT2D eigenvalue weighted by Gasteiger charge is 2.47. The second-order valence-corrected chi connectivity index (χ2v) is 7.02. The molecular weight excluding hydrogens is 386 g/mol. The molecule has 0 radical (unpaired) electrons. The van der Waals surface area contributed by atoms with E-state index in [1.807, 2.05) is 18.5 Å². The van der Waals surface area contributed by atoms with Gasteiger partial charge in [0.15, 0.2) is 0 Å². The number of nitrogens with one attached hydrogen (secondary N) is 3. The second-order valence-electron chi connectivity index (χ2n) is 7.02.